The molecule has 0 fully saturated rings. The maximum absolute atomic E-state index is 11.4. The molecule has 1 heterocycles. The number of aromatic carboxylic acids is 1. The third kappa shape index (κ3) is 3.53. The quantitative estimate of drug-likeness (QED) is 0.657. The van der Waals surface area contributed by atoms with Crippen molar-refractivity contribution in [3.63, 3.8) is 0 Å². The Kier molecular flexibility index (Phi) is 6.12. The number of aromatic nitrogens is 2. The molecule has 0 saturated carbocycles. The molecule has 1 N–H and O–H groups in total. The first-order valence-electron chi connectivity index (χ1n) is 7.05. The van der Waals surface area contributed by atoms with Gasteiger partial charge in [0.15, 0.2) is 5.69 Å². The Balaban J connectivity index is 2.29. The standard InChI is InChI=1S/C14H19BrN2O6Si/c1-9(24(20-2,21-3)22-4)23-8-17-12-6-5-10(15)7-11(12)13(16-17)14(18)19/h5-7,9H,8H2,1-4H3,(H,18,19). The van der Waals surface area contributed by atoms with Crippen molar-refractivity contribution in [3.05, 3.63) is 28.4 Å². The average molecular weight is 419 g/mol. The minimum atomic E-state index is -2.95. The fourth-order valence-corrected chi connectivity index (χ4v) is 4.58. The number of fused-ring (bicyclic) bond motifs is 1. The highest BCUT2D eigenvalue weighted by Gasteiger charge is 2.46. The van der Waals surface area contributed by atoms with E-state index in [0.29, 0.717) is 10.9 Å². The zero-order chi connectivity index (χ0) is 17.9. The third-order valence-electron chi connectivity index (χ3n) is 3.71. The number of carboxylic acid groups (broad SMARTS) is 1. The minimum Gasteiger partial charge on any atom is -0.476 e. The fourth-order valence-electron chi connectivity index (χ4n) is 2.44. The number of benzene rings is 1. The van der Waals surface area contributed by atoms with Gasteiger partial charge in [-0.3, -0.25) is 0 Å². The molecular weight excluding hydrogens is 400 g/mol. The third-order valence-corrected chi connectivity index (χ3v) is 7.08. The number of carboxylic acids is 1. The molecule has 0 aliphatic heterocycles. The van der Waals surface area contributed by atoms with Crippen LogP contribution in [0.1, 0.15) is 17.4 Å². The summed E-state index contributed by atoms with van der Waals surface area (Å²) in [5.41, 5.74) is 0.166. The first-order valence-corrected chi connectivity index (χ1v) is 9.64. The van der Waals surface area contributed by atoms with Crippen LogP contribution in [0.3, 0.4) is 0 Å². The molecule has 0 aliphatic rings. The molecule has 10 heteroatoms. The molecule has 1 aromatic heterocycles. The van der Waals surface area contributed by atoms with Crippen LogP contribution in [-0.4, -0.2) is 56.7 Å². The number of hydrogen-bond acceptors (Lipinski definition) is 6. The lowest BCUT2D eigenvalue weighted by atomic mass is 10.2. The second-order valence-electron chi connectivity index (χ2n) is 4.97. The molecule has 2 aromatic rings. The van der Waals surface area contributed by atoms with Crippen molar-refractivity contribution < 1.29 is 27.9 Å². The zero-order valence-electron chi connectivity index (χ0n) is 13.8. The van der Waals surface area contributed by atoms with Crippen LogP contribution in [0.4, 0.5) is 0 Å². The lowest BCUT2D eigenvalue weighted by molar-refractivity contribution is -0.00936. The molecule has 0 amide bonds. The highest BCUT2D eigenvalue weighted by Crippen LogP contribution is 2.24. The normalized spacial score (nSPS) is 13.4. The topological polar surface area (TPSA) is 92.0 Å². The van der Waals surface area contributed by atoms with Crippen molar-refractivity contribution in [2.45, 2.75) is 19.4 Å². The van der Waals surface area contributed by atoms with Gasteiger partial charge < -0.3 is 23.1 Å². The molecule has 2 rings (SSSR count). The maximum atomic E-state index is 11.4. The predicted molar refractivity (Wildman–Crippen MR) is 91.7 cm³/mol. The second kappa shape index (κ2) is 7.72. The first kappa shape index (κ1) is 19.0. The Morgan fingerprint density at radius 2 is 1.96 bits per heavy atom. The Morgan fingerprint density at radius 1 is 1.33 bits per heavy atom. The van der Waals surface area contributed by atoms with Crippen molar-refractivity contribution in [3.8, 4) is 0 Å². The van der Waals surface area contributed by atoms with E-state index in [0.717, 1.165) is 4.47 Å². The molecule has 1 aromatic carbocycles. The lowest BCUT2D eigenvalue weighted by Crippen LogP contribution is -2.54. The Hall–Kier alpha value is -1.30. The molecule has 24 heavy (non-hydrogen) atoms. The molecule has 1 unspecified atom stereocenters. The SMILES string of the molecule is CO[Si](OC)(OC)C(C)OCn1nc(C(=O)O)c2cc(Br)ccc21. The minimum absolute atomic E-state index is 0.0312. The monoisotopic (exact) mass is 418 g/mol. The van der Waals surface area contributed by atoms with Crippen LogP contribution < -0.4 is 0 Å². The maximum Gasteiger partial charge on any atom is 0.530 e. The number of ether oxygens (including phenoxy) is 1. The van der Waals surface area contributed by atoms with E-state index in [1.54, 1.807) is 19.1 Å². The van der Waals surface area contributed by atoms with E-state index in [1.807, 2.05) is 6.07 Å². The number of nitrogens with zero attached hydrogens (tertiary/aromatic N) is 2. The van der Waals surface area contributed by atoms with Gasteiger partial charge in [-0.05, 0) is 25.1 Å². The number of carbonyl (C=O) groups is 1. The average Bonchev–Trinajstić information content (AvgIpc) is 2.93. The fraction of sp³-hybridized carbons (Fsp3) is 0.429. The van der Waals surface area contributed by atoms with Crippen LogP contribution in [0, 0.1) is 0 Å². The smallest absolute Gasteiger partial charge is 0.476 e. The summed E-state index contributed by atoms with van der Waals surface area (Å²) in [6.07, 6.45) is 0. The van der Waals surface area contributed by atoms with E-state index < -0.39 is 20.5 Å². The Bertz CT molecular complexity index is 725. The summed E-state index contributed by atoms with van der Waals surface area (Å²) in [7, 11) is 1.55. The van der Waals surface area contributed by atoms with Crippen LogP contribution in [0.5, 0.6) is 0 Å². The van der Waals surface area contributed by atoms with Crippen molar-refractivity contribution in [2.75, 3.05) is 21.3 Å². The number of hydrogen-bond donors (Lipinski definition) is 1. The van der Waals surface area contributed by atoms with Gasteiger partial charge in [-0.15, -0.1) is 0 Å². The van der Waals surface area contributed by atoms with Crippen molar-refractivity contribution in [2.24, 2.45) is 0 Å². The molecule has 0 radical (unpaired) electrons. The molecule has 0 saturated heterocycles. The van der Waals surface area contributed by atoms with Crippen LogP contribution in [-0.2, 0) is 24.7 Å². The first-order chi connectivity index (χ1) is 11.4. The van der Waals surface area contributed by atoms with E-state index in [9.17, 15) is 9.90 Å². The molecular formula is C14H19BrN2O6Si. The van der Waals surface area contributed by atoms with Gasteiger partial charge in [0, 0.05) is 31.2 Å². The summed E-state index contributed by atoms with van der Waals surface area (Å²) in [5, 5.41) is 14.0. The molecule has 0 bridgehead atoms. The largest absolute Gasteiger partial charge is 0.530 e. The summed E-state index contributed by atoms with van der Waals surface area (Å²) >= 11 is 3.34. The van der Waals surface area contributed by atoms with E-state index in [-0.39, 0.29) is 12.4 Å². The van der Waals surface area contributed by atoms with Gasteiger partial charge in [-0.25, -0.2) is 9.48 Å². The van der Waals surface area contributed by atoms with Crippen LogP contribution in [0.15, 0.2) is 22.7 Å². The summed E-state index contributed by atoms with van der Waals surface area (Å²) in [5.74, 6) is -1.10. The van der Waals surface area contributed by atoms with Crippen molar-refractivity contribution in [1.29, 1.82) is 0 Å². The van der Waals surface area contributed by atoms with Gasteiger partial charge >= 0.3 is 14.8 Å². The molecule has 0 aliphatic carbocycles. The second-order valence-corrected chi connectivity index (χ2v) is 9.13. The Labute approximate surface area is 148 Å². The van der Waals surface area contributed by atoms with Gasteiger partial charge in [-0.2, -0.15) is 5.10 Å². The highest BCUT2D eigenvalue weighted by molar-refractivity contribution is 9.10. The van der Waals surface area contributed by atoms with Crippen LogP contribution >= 0.6 is 15.9 Å². The zero-order valence-corrected chi connectivity index (χ0v) is 16.4. The van der Waals surface area contributed by atoms with Gasteiger partial charge in [0.05, 0.1) is 5.52 Å². The van der Waals surface area contributed by atoms with Crippen LogP contribution in [0.2, 0.25) is 0 Å². The van der Waals surface area contributed by atoms with Gasteiger partial charge in [0.2, 0.25) is 0 Å². The summed E-state index contributed by atoms with van der Waals surface area (Å²) in [4.78, 5) is 11.4. The molecule has 8 nitrogen and oxygen atoms in total. The van der Waals surface area contributed by atoms with Crippen molar-refractivity contribution >= 4 is 41.6 Å². The van der Waals surface area contributed by atoms with Crippen LogP contribution in [0.25, 0.3) is 10.9 Å². The molecule has 0 spiro atoms. The van der Waals surface area contributed by atoms with E-state index in [2.05, 4.69) is 21.0 Å². The Morgan fingerprint density at radius 3 is 2.50 bits per heavy atom. The summed E-state index contributed by atoms with van der Waals surface area (Å²) in [6.45, 7) is 1.82. The molecule has 132 valence electrons. The van der Waals surface area contributed by atoms with E-state index in [4.69, 9.17) is 18.0 Å². The van der Waals surface area contributed by atoms with Crippen molar-refractivity contribution in [1.82, 2.24) is 9.78 Å². The van der Waals surface area contributed by atoms with Gasteiger partial charge in [0.1, 0.15) is 12.5 Å². The van der Waals surface area contributed by atoms with E-state index >= 15 is 0 Å². The predicted octanol–water partition coefficient (Wildman–Crippen LogP) is 2.28. The number of rotatable bonds is 8. The molecule has 1 atom stereocenters. The van der Waals surface area contributed by atoms with Gasteiger partial charge in [0.25, 0.3) is 0 Å². The summed E-state index contributed by atoms with van der Waals surface area (Å²) in [6, 6.07) is 5.30. The van der Waals surface area contributed by atoms with Gasteiger partial charge in [-0.1, -0.05) is 15.9 Å². The highest BCUT2D eigenvalue weighted by atomic mass is 79.9. The number of halogens is 1. The summed E-state index contributed by atoms with van der Waals surface area (Å²) < 4.78 is 24.2. The van der Waals surface area contributed by atoms with E-state index in [1.165, 1.54) is 26.0 Å². The lowest BCUT2D eigenvalue weighted by Gasteiger charge is -2.29.